The minimum Gasteiger partial charge on any atom is -0.497 e. The van der Waals surface area contributed by atoms with E-state index in [2.05, 4.69) is 10.2 Å². The van der Waals surface area contributed by atoms with Crippen LogP contribution in [0, 0.1) is 0 Å². The maximum absolute atomic E-state index is 13.1. The van der Waals surface area contributed by atoms with E-state index < -0.39 is 5.76 Å². The lowest BCUT2D eigenvalue weighted by Crippen LogP contribution is -2.50. The first-order valence-electron chi connectivity index (χ1n) is 11.7. The van der Waals surface area contributed by atoms with Crippen molar-refractivity contribution >= 4 is 34.3 Å². The summed E-state index contributed by atoms with van der Waals surface area (Å²) in [7, 11) is 1.63. The molecule has 0 spiro atoms. The van der Waals surface area contributed by atoms with E-state index >= 15 is 0 Å². The van der Waals surface area contributed by atoms with Crippen molar-refractivity contribution in [3.05, 3.63) is 88.9 Å². The summed E-state index contributed by atoms with van der Waals surface area (Å²) < 4.78 is 11.9. The normalized spacial score (nSPS) is 13.6. The van der Waals surface area contributed by atoms with Crippen molar-refractivity contribution in [1.82, 2.24) is 9.47 Å². The van der Waals surface area contributed by atoms with Crippen LogP contribution in [0.15, 0.2) is 82.0 Å². The van der Waals surface area contributed by atoms with E-state index in [1.54, 1.807) is 42.3 Å². The Labute approximate surface area is 207 Å². The van der Waals surface area contributed by atoms with E-state index in [4.69, 9.17) is 9.15 Å². The fraction of sp³-hybridized carbons (Fsp3) is 0.222. The summed E-state index contributed by atoms with van der Waals surface area (Å²) in [4.78, 5) is 42.3. The van der Waals surface area contributed by atoms with Crippen LogP contribution in [0.5, 0.6) is 5.75 Å². The molecule has 0 bridgehead atoms. The zero-order valence-corrected chi connectivity index (χ0v) is 19.8. The predicted molar refractivity (Wildman–Crippen MR) is 137 cm³/mol. The van der Waals surface area contributed by atoms with E-state index in [0.717, 1.165) is 11.4 Å². The molecule has 1 fully saturated rings. The van der Waals surface area contributed by atoms with Crippen LogP contribution in [0.4, 0.5) is 11.4 Å². The SMILES string of the molecule is COc1cccc(N2CCN(C(=O)Cn3c(=O)oc4ccc(C(=O)Nc5ccccc5)cc43)CC2)c1. The first-order valence-corrected chi connectivity index (χ1v) is 11.7. The number of aromatic nitrogens is 1. The molecule has 2 heterocycles. The van der Waals surface area contributed by atoms with Gasteiger partial charge in [-0.15, -0.1) is 0 Å². The van der Waals surface area contributed by atoms with Crippen molar-refractivity contribution in [2.24, 2.45) is 0 Å². The number of hydrogen-bond acceptors (Lipinski definition) is 6. The monoisotopic (exact) mass is 486 g/mol. The van der Waals surface area contributed by atoms with Crippen molar-refractivity contribution in [1.29, 1.82) is 0 Å². The molecule has 36 heavy (non-hydrogen) atoms. The van der Waals surface area contributed by atoms with Crippen molar-refractivity contribution in [2.75, 3.05) is 43.5 Å². The number of rotatable bonds is 6. The Morgan fingerprint density at radius 1 is 0.944 bits per heavy atom. The first kappa shape index (κ1) is 23.2. The number of benzene rings is 3. The third kappa shape index (κ3) is 4.81. The van der Waals surface area contributed by atoms with Crippen molar-refractivity contribution in [3.63, 3.8) is 0 Å². The van der Waals surface area contributed by atoms with Gasteiger partial charge in [0.1, 0.15) is 12.3 Å². The molecule has 1 aliphatic heterocycles. The average molecular weight is 487 g/mol. The van der Waals surface area contributed by atoms with Gasteiger partial charge in [0.15, 0.2) is 5.58 Å². The Hall–Kier alpha value is -4.53. The van der Waals surface area contributed by atoms with Gasteiger partial charge in [-0.05, 0) is 42.5 Å². The molecule has 0 saturated carbocycles. The summed E-state index contributed by atoms with van der Waals surface area (Å²) >= 11 is 0. The van der Waals surface area contributed by atoms with Crippen LogP contribution in [-0.4, -0.2) is 54.6 Å². The third-order valence-corrected chi connectivity index (χ3v) is 6.31. The van der Waals surface area contributed by atoms with Crippen LogP contribution in [0.1, 0.15) is 10.4 Å². The topological polar surface area (TPSA) is 97.0 Å². The van der Waals surface area contributed by atoms with Gasteiger partial charge in [-0.25, -0.2) is 4.79 Å². The summed E-state index contributed by atoms with van der Waals surface area (Å²) in [6, 6.07) is 21.7. The second-order valence-electron chi connectivity index (χ2n) is 8.53. The number of carbonyl (C=O) groups excluding carboxylic acids is 2. The zero-order chi connectivity index (χ0) is 25.1. The van der Waals surface area contributed by atoms with Crippen molar-refractivity contribution in [3.8, 4) is 5.75 Å². The number of anilines is 2. The molecule has 2 amide bonds. The number of methoxy groups -OCH3 is 1. The van der Waals surface area contributed by atoms with Gasteiger partial charge in [0.2, 0.25) is 5.91 Å². The first-order chi connectivity index (χ1) is 17.5. The quantitative estimate of drug-likeness (QED) is 0.450. The summed E-state index contributed by atoms with van der Waals surface area (Å²) in [6.07, 6.45) is 0. The van der Waals surface area contributed by atoms with E-state index in [1.807, 2.05) is 42.5 Å². The fourth-order valence-electron chi connectivity index (χ4n) is 4.33. The Bertz CT molecular complexity index is 1450. The number of carbonyl (C=O) groups is 2. The highest BCUT2D eigenvalue weighted by atomic mass is 16.5. The molecule has 0 aliphatic carbocycles. The maximum Gasteiger partial charge on any atom is 0.420 e. The van der Waals surface area contributed by atoms with E-state index in [9.17, 15) is 14.4 Å². The van der Waals surface area contributed by atoms with Crippen LogP contribution in [0.3, 0.4) is 0 Å². The lowest BCUT2D eigenvalue weighted by atomic mass is 10.2. The number of oxazole rings is 1. The van der Waals surface area contributed by atoms with E-state index in [1.165, 1.54) is 4.57 Å². The lowest BCUT2D eigenvalue weighted by molar-refractivity contribution is -0.132. The standard InChI is InChI=1S/C27H26N4O5/c1-35-22-9-5-8-21(17-22)29-12-14-30(15-13-29)25(32)18-31-23-16-19(10-11-24(23)36-27(31)34)26(33)28-20-6-3-2-4-7-20/h2-11,16-17H,12-15,18H2,1H3,(H,28,33). The maximum atomic E-state index is 13.1. The molecule has 0 unspecified atom stereocenters. The molecule has 4 aromatic rings. The highest BCUT2D eigenvalue weighted by molar-refractivity contribution is 6.05. The molecule has 0 atom stereocenters. The van der Waals surface area contributed by atoms with Gasteiger partial charge < -0.3 is 24.3 Å². The number of nitrogens with zero attached hydrogens (tertiary/aromatic N) is 3. The van der Waals surface area contributed by atoms with Crippen LogP contribution in [0.25, 0.3) is 11.1 Å². The molecular formula is C27H26N4O5. The Balaban J connectivity index is 1.28. The van der Waals surface area contributed by atoms with Crippen LogP contribution in [0.2, 0.25) is 0 Å². The molecule has 1 aliphatic rings. The number of nitrogens with one attached hydrogen (secondary N) is 1. The van der Waals surface area contributed by atoms with E-state index in [0.29, 0.717) is 48.5 Å². The molecule has 0 radical (unpaired) electrons. The Morgan fingerprint density at radius 2 is 1.72 bits per heavy atom. The van der Waals surface area contributed by atoms with Crippen molar-refractivity contribution < 1.29 is 18.7 Å². The van der Waals surface area contributed by atoms with Crippen LogP contribution in [-0.2, 0) is 11.3 Å². The molecule has 9 heteroatoms. The number of fused-ring (bicyclic) bond motifs is 1. The second-order valence-corrected chi connectivity index (χ2v) is 8.53. The fourth-order valence-corrected chi connectivity index (χ4v) is 4.33. The largest absolute Gasteiger partial charge is 0.497 e. The van der Waals surface area contributed by atoms with Gasteiger partial charge >= 0.3 is 5.76 Å². The molecule has 5 rings (SSSR count). The lowest BCUT2D eigenvalue weighted by Gasteiger charge is -2.36. The zero-order valence-electron chi connectivity index (χ0n) is 19.8. The summed E-state index contributed by atoms with van der Waals surface area (Å²) in [6.45, 7) is 2.25. The van der Waals surface area contributed by atoms with E-state index in [-0.39, 0.29) is 18.4 Å². The number of hydrogen-bond donors (Lipinski definition) is 1. The Kier molecular flexibility index (Phi) is 6.44. The number of ether oxygens (including phenoxy) is 1. The van der Waals surface area contributed by atoms with Gasteiger partial charge in [-0.2, -0.15) is 0 Å². The Morgan fingerprint density at radius 3 is 2.47 bits per heavy atom. The molecule has 9 nitrogen and oxygen atoms in total. The number of amides is 2. The molecule has 1 saturated heterocycles. The van der Waals surface area contributed by atoms with Crippen molar-refractivity contribution in [2.45, 2.75) is 6.54 Å². The van der Waals surface area contributed by atoms with Gasteiger partial charge in [-0.1, -0.05) is 24.3 Å². The number of piperazine rings is 1. The molecular weight excluding hydrogens is 460 g/mol. The highest BCUT2D eigenvalue weighted by Gasteiger charge is 2.23. The summed E-state index contributed by atoms with van der Waals surface area (Å²) in [5.74, 6) is -0.337. The smallest absolute Gasteiger partial charge is 0.420 e. The highest BCUT2D eigenvalue weighted by Crippen LogP contribution is 2.22. The molecule has 184 valence electrons. The minimum atomic E-state index is -0.631. The number of para-hydroxylation sites is 1. The summed E-state index contributed by atoms with van der Waals surface area (Å²) in [5, 5.41) is 2.82. The summed E-state index contributed by atoms with van der Waals surface area (Å²) in [5.41, 5.74) is 2.80. The molecule has 1 aromatic heterocycles. The predicted octanol–water partition coefficient (Wildman–Crippen LogP) is 3.20. The molecule has 1 N–H and O–H groups in total. The van der Waals surface area contributed by atoms with Gasteiger partial charge in [0, 0.05) is 49.2 Å². The van der Waals surface area contributed by atoms with Crippen LogP contribution < -0.4 is 20.7 Å². The molecule has 3 aromatic carbocycles. The minimum absolute atomic E-state index is 0.158. The van der Waals surface area contributed by atoms with Gasteiger partial charge in [0.25, 0.3) is 5.91 Å². The average Bonchev–Trinajstić information content (AvgIpc) is 3.23. The second kappa shape index (κ2) is 9.99. The van der Waals surface area contributed by atoms with Gasteiger partial charge in [-0.3, -0.25) is 14.2 Å². The van der Waals surface area contributed by atoms with Crippen LogP contribution >= 0.6 is 0 Å². The third-order valence-electron chi connectivity index (χ3n) is 6.31. The van der Waals surface area contributed by atoms with Gasteiger partial charge in [0.05, 0.1) is 12.6 Å².